The van der Waals surface area contributed by atoms with Crippen LogP contribution in [0.1, 0.15) is 13.8 Å². The summed E-state index contributed by atoms with van der Waals surface area (Å²) in [7, 11) is 0. The first kappa shape index (κ1) is 14.8. The predicted molar refractivity (Wildman–Crippen MR) is 74.5 cm³/mol. The van der Waals surface area contributed by atoms with Gasteiger partial charge in [-0.25, -0.2) is 0 Å². The molecule has 1 rings (SSSR count). The molecule has 1 aromatic carbocycles. The average Bonchev–Trinajstić information content (AvgIpc) is 2.36. The van der Waals surface area contributed by atoms with Crippen LogP contribution in [-0.2, 0) is 4.79 Å². The molecule has 1 amide bonds. The van der Waals surface area contributed by atoms with Gasteiger partial charge in [0.1, 0.15) is 6.61 Å². The van der Waals surface area contributed by atoms with Crippen molar-refractivity contribution in [1.82, 2.24) is 5.32 Å². The fraction of sp³-hybridized carbons (Fsp3) is 0.462. The number of para-hydroxylation sites is 2. The van der Waals surface area contributed by atoms with Gasteiger partial charge in [-0.15, -0.1) is 0 Å². The van der Waals surface area contributed by atoms with E-state index in [1.807, 2.05) is 31.2 Å². The van der Waals surface area contributed by atoms with Gasteiger partial charge in [0.25, 0.3) is 0 Å². The lowest BCUT2D eigenvalue weighted by atomic mass is 10.3. The summed E-state index contributed by atoms with van der Waals surface area (Å²) >= 11 is 3.20. The summed E-state index contributed by atoms with van der Waals surface area (Å²) in [5, 5.41) is 2.75. The van der Waals surface area contributed by atoms with E-state index in [1.165, 1.54) is 0 Å². The van der Waals surface area contributed by atoms with Crippen molar-refractivity contribution in [2.24, 2.45) is 0 Å². The summed E-state index contributed by atoms with van der Waals surface area (Å²) in [6, 6.07) is 7.49. The molecule has 5 heteroatoms. The number of carbonyl (C=O) groups excluding carboxylic acids is 1. The van der Waals surface area contributed by atoms with Crippen molar-refractivity contribution in [2.75, 3.05) is 19.8 Å². The van der Waals surface area contributed by atoms with Crippen molar-refractivity contribution in [3.05, 3.63) is 24.3 Å². The Kier molecular flexibility index (Phi) is 6.57. The number of hydrogen-bond acceptors (Lipinski definition) is 3. The van der Waals surface area contributed by atoms with E-state index in [-0.39, 0.29) is 10.7 Å². The summed E-state index contributed by atoms with van der Waals surface area (Å²) in [5.74, 6) is 1.37. The minimum absolute atomic E-state index is 0.0447. The van der Waals surface area contributed by atoms with E-state index in [1.54, 1.807) is 6.92 Å². The molecule has 0 aliphatic heterocycles. The normalized spacial score (nSPS) is 11.7. The number of carbonyl (C=O) groups is 1. The standard InChI is InChI=1S/C13H18BrNO3/c1-3-17-11-6-4-5-7-12(11)18-9-8-15-13(16)10(2)14/h4-7,10H,3,8-9H2,1-2H3,(H,15,16). The maximum absolute atomic E-state index is 11.3. The molecule has 0 aliphatic rings. The number of rotatable bonds is 7. The summed E-state index contributed by atoms with van der Waals surface area (Å²) in [4.78, 5) is 11.1. The number of alkyl halides is 1. The van der Waals surface area contributed by atoms with Crippen molar-refractivity contribution in [3.63, 3.8) is 0 Å². The lowest BCUT2D eigenvalue weighted by Gasteiger charge is -2.12. The van der Waals surface area contributed by atoms with Gasteiger partial charge in [0.05, 0.1) is 18.0 Å². The summed E-state index contributed by atoms with van der Waals surface area (Å²) < 4.78 is 11.0. The number of amides is 1. The molecule has 1 N–H and O–H groups in total. The van der Waals surface area contributed by atoms with Crippen molar-refractivity contribution in [2.45, 2.75) is 18.7 Å². The Morgan fingerprint density at radius 3 is 2.50 bits per heavy atom. The lowest BCUT2D eigenvalue weighted by Crippen LogP contribution is -2.32. The Bertz CT molecular complexity index is 382. The van der Waals surface area contributed by atoms with Gasteiger partial charge in [-0.1, -0.05) is 28.1 Å². The predicted octanol–water partition coefficient (Wildman–Crippen LogP) is 2.36. The first-order chi connectivity index (χ1) is 8.65. The molecule has 4 nitrogen and oxygen atoms in total. The van der Waals surface area contributed by atoms with Gasteiger partial charge in [-0.05, 0) is 26.0 Å². The highest BCUT2D eigenvalue weighted by atomic mass is 79.9. The molecule has 0 spiro atoms. The second-order valence-electron chi connectivity index (χ2n) is 3.64. The van der Waals surface area contributed by atoms with Crippen LogP contribution in [0.3, 0.4) is 0 Å². The van der Waals surface area contributed by atoms with E-state index < -0.39 is 0 Å². The Balaban J connectivity index is 2.37. The molecule has 0 heterocycles. The maximum Gasteiger partial charge on any atom is 0.233 e. The zero-order valence-electron chi connectivity index (χ0n) is 10.6. The van der Waals surface area contributed by atoms with Crippen LogP contribution in [0.2, 0.25) is 0 Å². The zero-order valence-corrected chi connectivity index (χ0v) is 12.2. The Hall–Kier alpha value is -1.23. The molecule has 0 bridgehead atoms. The maximum atomic E-state index is 11.3. The number of nitrogens with one attached hydrogen (secondary N) is 1. The molecule has 0 radical (unpaired) electrons. The zero-order chi connectivity index (χ0) is 13.4. The average molecular weight is 316 g/mol. The van der Waals surface area contributed by atoms with Gasteiger partial charge in [0.2, 0.25) is 5.91 Å². The van der Waals surface area contributed by atoms with Gasteiger partial charge in [-0.2, -0.15) is 0 Å². The van der Waals surface area contributed by atoms with Gasteiger partial charge in [0, 0.05) is 0 Å². The summed E-state index contributed by atoms with van der Waals surface area (Å²) in [6.07, 6.45) is 0. The monoisotopic (exact) mass is 315 g/mol. The van der Waals surface area contributed by atoms with E-state index in [0.29, 0.717) is 25.5 Å². The van der Waals surface area contributed by atoms with Crippen molar-refractivity contribution >= 4 is 21.8 Å². The first-order valence-electron chi connectivity index (χ1n) is 5.91. The van der Waals surface area contributed by atoms with Crippen LogP contribution in [0.4, 0.5) is 0 Å². The van der Waals surface area contributed by atoms with E-state index >= 15 is 0 Å². The molecule has 1 atom stereocenters. The number of benzene rings is 1. The summed E-state index contributed by atoms with van der Waals surface area (Å²) in [6.45, 7) is 5.18. The Morgan fingerprint density at radius 2 is 1.94 bits per heavy atom. The van der Waals surface area contributed by atoms with Crippen LogP contribution < -0.4 is 14.8 Å². The Labute approximate surface area is 116 Å². The highest BCUT2D eigenvalue weighted by Gasteiger charge is 2.07. The minimum Gasteiger partial charge on any atom is -0.490 e. The van der Waals surface area contributed by atoms with Crippen LogP contribution in [-0.4, -0.2) is 30.5 Å². The third-order valence-electron chi connectivity index (χ3n) is 2.17. The fourth-order valence-electron chi connectivity index (χ4n) is 1.32. The van der Waals surface area contributed by atoms with Crippen LogP contribution in [0.5, 0.6) is 11.5 Å². The molecule has 0 aromatic heterocycles. The molecule has 0 saturated heterocycles. The third-order valence-corrected chi connectivity index (χ3v) is 2.58. The van der Waals surface area contributed by atoms with Gasteiger partial charge < -0.3 is 14.8 Å². The van der Waals surface area contributed by atoms with Crippen LogP contribution in [0, 0.1) is 0 Å². The van der Waals surface area contributed by atoms with Crippen molar-refractivity contribution < 1.29 is 14.3 Å². The molecular formula is C13H18BrNO3. The first-order valence-corrected chi connectivity index (χ1v) is 6.83. The van der Waals surface area contributed by atoms with Crippen LogP contribution >= 0.6 is 15.9 Å². The second kappa shape index (κ2) is 7.97. The molecule has 0 fully saturated rings. The topological polar surface area (TPSA) is 47.6 Å². The largest absolute Gasteiger partial charge is 0.490 e. The van der Waals surface area contributed by atoms with Gasteiger partial charge in [-0.3, -0.25) is 4.79 Å². The summed E-state index contributed by atoms with van der Waals surface area (Å²) in [5.41, 5.74) is 0. The van der Waals surface area contributed by atoms with Gasteiger partial charge in [0.15, 0.2) is 11.5 Å². The molecule has 0 aliphatic carbocycles. The van der Waals surface area contributed by atoms with Gasteiger partial charge >= 0.3 is 0 Å². The smallest absolute Gasteiger partial charge is 0.233 e. The van der Waals surface area contributed by atoms with E-state index in [4.69, 9.17) is 9.47 Å². The Morgan fingerprint density at radius 1 is 1.33 bits per heavy atom. The molecule has 100 valence electrons. The number of hydrogen-bond donors (Lipinski definition) is 1. The highest BCUT2D eigenvalue weighted by Crippen LogP contribution is 2.25. The SMILES string of the molecule is CCOc1ccccc1OCCNC(=O)C(C)Br. The molecule has 18 heavy (non-hydrogen) atoms. The number of ether oxygens (including phenoxy) is 2. The van der Waals surface area contributed by atoms with E-state index in [2.05, 4.69) is 21.2 Å². The number of halogens is 1. The second-order valence-corrected chi connectivity index (χ2v) is 5.01. The van der Waals surface area contributed by atoms with E-state index in [9.17, 15) is 4.79 Å². The van der Waals surface area contributed by atoms with Crippen LogP contribution in [0.15, 0.2) is 24.3 Å². The molecular weight excluding hydrogens is 298 g/mol. The third kappa shape index (κ3) is 4.96. The molecule has 0 saturated carbocycles. The lowest BCUT2D eigenvalue weighted by molar-refractivity contribution is -0.120. The quantitative estimate of drug-likeness (QED) is 0.620. The van der Waals surface area contributed by atoms with Crippen molar-refractivity contribution in [3.8, 4) is 11.5 Å². The fourth-order valence-corrected chi connectivity index (χ4v) is 1.48. The molecule has 1 aromatic rings. The molecule has 1 unspecified atom stereocenters. The van der Waals surface area contributed by atoms with Crippen LogP contribution in [0.25, 0.3) is 0 Å². The van der Waals surface area contributed by atoms with E-state index in [0.717, 1.165) is 5.75 Å². The minimum atomic E-state index is -0.187. The highest BCUT2D eigenvalue weighted by molar-refractivity contribution is 9.10. The van der Waals surface area contributed by atoms with Crippen molar-refractivity contribution in [1.29, 1.82) is 0 Å².